The lowest BCUT2D eigenvalue weighted by atomic mass is 10.2. The largest absolute Gasteiger partial charge is 0.768 e. The van der Waals surface area contributed by atoms with Crippen molar-refractivity contribution < 1.29 is 13.6 Å². The zero-order valence-electron chi connectivity index (χ0n) is 7.54. The molecule has 1 atom stereocenters. The van der Waals surface area contributed by atoms with Gasteiger partial charge in [-0.25, -0.2) is 0 Å². The summed E-state index contributed by atoms with van der Waals surface area (Å²) in [6.07, 6.45) is 0. The SMILES string of the molecule is NC(N)=NC(=O)c1ccccc1S(=O)[O-]. The van der Waals surface area contributed by atoms with E-state index in [1.54, 1.807) is 0 Å². The quantitative estimate of drug-likeness (QED) is 0.393. The normalized spacial score (nSPS) is 11.8. The van der Waals surface area contributed by atoms with Gasteiger partial charge in [-0.15, -0.1) is 0 Å². The van der Waals surface area contributed by atoms with Crippen molar-refractivity contribution in [2.24, 2.45) is 16.5 Å². The van der Waals surface area contributed by atoms with Crippen molar-refractivity contribution in [3.63, 3.8) is 0 Å². The van der Waals surface area contributed by atoms with E-state index < -0.39 is 22.9 Å². The molecule has 0 bridgehead atoms. The van der Waals surface area contributed by atoms with Gasteiger partial charge in [-0.3, -0.25) is 9.00 Å². The van der Waals surface area contributed by atoms with E-state index in [4.69, 9.17) is 11.5 Å². The molecule has 4 N–H and O–H groups in total. The van der Waals surface area contributed by atoms with Crippen LogP contribution in [0.1, 0.15) is 10.4 Å². The Bertz CT molecular complexity index is 441. The number of guanidine groups is 1. The van der Waals surface area contributed by atoms with E-state index in [0.717, 1.165) is 0 Å². The number of nitrogens with two attached hydrogens (primary N) is 2. The Morgan fingerprint density at radius 3 is 2.47 bits per heavy atom. The fourth-order valence-electron chi connectivity index (χ4n) is 0.966. The summed E-state index contributed by atoms with van der Waals surface area (Å²) in [5.41, 5.74) is 9.96. The zero-order chi connectivity index (χ0) is 11.4. The summed E-state index contributed by atoms with van der Waals surface area (Å²) in [4.78, 5) is 14.5. The summed E-state index contributed by atoms with van der Waals surface area (Å²) in [5.74, 6) is -1.19. The highest BCUT2D eigenvalue weighted by Crippen LogP contribution is 2.13. The summed E-state index contributed by atoms with van der Waals surface area (Å²) in [7, 11) is 0. The summed E-state index contributed by atoms with van der Waals surface area (Å²) in [6, 6.07) is 5.64. The molecule has 0 aliphatic rings. The van der Waals surface area contributed by atoms with Gasteiger partial charge in [0.2, 0.25) is 0 Å². The minimum absolute atomic E-state index is 0.0563. The molecule has 1 unspecified atom stereocenters. The van der Waals surface area contributed by atoms with E-state index in [1.807, 2.05) is 0 Å². The first-order valence-corrected chi connectivity index (χ1v) is 4.92. The molecule has 6 nitrogen and oxygen atoms in total. The molecule has 0 fully saturated rings. The standard InChI is InChI=1S/C8H9N3O3S/c9-8(10)11-7(12)5-3-1-2-4-6(5)15(13)14/h1-4H,(H,13,14)(H4,9,10,11,12)/p-1. The van der Waals surface area contributed by atoms with Crippen LogP contribution in [0.5, 0.6) is 0 Å². The van der Waals surface area contributed by atoms with E-state index in [2.05, 4.69) is 4.99 Å². The minimum atomic E-state index is -2.50. The molecule has 0 saturated heterocycles. The van der Waals surface area contributed by atoms with Gasteiger partial charge in [0, 0.05) is 4.90 Å². The van der Waals surface area contributed by atoms with Crippen LogP contribution in [-0.2, 0) is 11.1 Å². The predicted octanol–water partition coefficient (Wildman–Crippen LogP) is -0.662. The van der Waals surface area contributed by atoms with Crippen molar-refractivity contribution in [1.29, 1.82) is 0 Å². The lowest BCUT2D eigenvalue weighted by Crippen LogP contribution is -2.24. The Kier molecular flexibility index (Phi) is 3.53. The molecule has 0 aromatic heterocycles. The Morgan fingerprint density at radius 2 is 1.93 bits per heavy atom. The predicted molar refractivity (Wildman–Crippen MR) is 53.8 cm³/mol. The van der Waals surface area contributed by atoms with Crippen LogP contribution < -0.4 is 11.5 Å². The van der Waals surface area contributed by atoms with Gasteiger partial charge < -0.3 is 16.0 Å². The molecular formula is C8H8N3O3S-. The molecule has 0 aliphatic heterocycles. The van der Waals surface area contributed by atoms with E-state index in [-0.39, 0.29) is 10.5 Å². The van der Waals surface area contributed by atoms with E-state index in [1.165, 1.54) is 24.3 Å². The van der Waals surface area contributed by atoms with Crippen molar-refractivity contribution >= 4 is 22.9 Å². The van der Waals surface area contributed by atoms with Crippen LogP contribution >= 0.6 is 0 Å². The maximum atomic E-state index is 11.4. The number of hydrogen-bond acceptors (Lipinski definition) is 3. The Hall–Kier alpha value is -1.73. The number of amides is 1. The molecule has 0 heterocycles. The molecule has 0 radical (unpaired) electrons. The number of hydrogen-bond donors (Lipinski definition) is 2. The Morgan fingerprint density at radius 1 is 1.33 bits per heavy atom. The lowest BCUT2D eigenvalue weighted by molar-refractivity contribution is 0.0999. The molecular weight excluding hydrogens is 218 g/mol. The van der Waals surface area contributed by atoms with Crippen LogP contribution in [0.15, 0.2) is 34.2 Å². The summed E-state index contributed by atoms with van der Waals surface area (Å²) in [6.45, 7) is 0. The van der Waals surface area contributed by atoms with Crippen molar-refractivity contribution in [3.05, 3.63) is 29.8 Å². The molecule has 7 heteroatoms. The first-order chi connectivity index (χ1) is 7.02. The molecule has 0 spiro atoms. The minimum Gasteiger partial charge on any atom is -0.768 e. The number of benzene rings is 1. The first kappa shape index (κ1) is 11.3. The fourth-order valence-corrected chi connectivity index (χ4v) is 1.49. The molecule has 1 aromatic carbocycles. The van der Waals surface area contributed by atoms with Gasteiger partial charge in [-0.1, -0.05) is 12.1 Å². The summed E-state index contributed by atoms with van der Waals surface area (Å²) >= 11 is -2.50. The molecule has 15 heavy (non-hydrogen) atoms. The number of nitrogens with zero attached hydrogens (tertiary/aromatic N) is 1. The van der Waals surface area contributed by atoms with Gasteiger partial charge in [-0.2, -0.15) is 4.99 Å². The zero-order valence-corrected chi connectivity index (χ0v) is 8.36. The van der Waals surface area contributed by atoms with Gasteiger partial charge in [0.15, 0.2) is 5.96 Å². The average molecular weight is 226 g/mol. The highest BCUT2D eigenvalue weighted by molar-refractivity contribution is 7.79. The highest BCUT2D eigenvalue weighted by atomic mass is 32.2. The van der Waals surface area contributed by atoms with Crippen LogP contribution in [0.25, 0.3) is 0 Å². The number of aliphatic imine (C=N–C) groups is 1. The van der Waals surface area contributed by atoms with Crippen LogP contribution in [0.3, 0.4) is 0 Å². The van der Waals surface area contributed by atoms with Crippen LogP contribution in [0.2, 0.25) is 0 Å². The summed E-state index contributed by atoms with van der Waals surface area (Å²) in [5, 5.41) is 0. The maximum absolute atomic E-state index is 11.4. The van der Waals surface area contributed by atoms with E-state index in [9.17, 15) is 13.6 Å². The number of carbonyl (C=O) groups is 1. The molecule has 0 saturated carbocycles. The average Bonchev–Trinajstić information content (AvgIpc) is 2.16. The van der Waals surface area contributed by atoms with Gasteiger partial charge >= 0.3 is 0 Å². The van der Waals surface area contributed by atoms with Crippen LogP contribution in [0, 0.1) is 0 Å². The summed E-state index contributed by atoms with van der Waals surface area (Å²) < 4.78 is 21.5. The molecule has 1 amide bonds. The molecule has 0 aliphatic carbocycles. The molecule has 1 rings (SSSR count). The number of carbonyl (C=O) groups excluding carboxylic acids is 1. The fraction of sp³-hybridized carbons (Fsp3) is 0. The van der Waals surface area contributed by atoms with Crippen molar-refractivity contribution in [1.82, 2.24) is 0 Å². The van der Waals surface area contributed by atoms with Crippen LogP contribution in [-0.4, -0.2) is 20.6 Å². The third kappa shape index (κ3) is 2.86. The highest BCUT2D eigenvalue weighted by Gasteiger charge is 2.10. The van der Waals surface area contributed by atoms with Gasteiger partial charge in [0.05, 0.1) is 5.56 Å². The smallest absolute Gasteiger partial charge is 0.281 e. The Labute approximate surface area is 88.3 Å². The van der Waals surface area contributed by atoms with E-state index >= 15 is 0 Å². The van der Waals surface area contributed by atoms with Gasteiger partial charge in [0.25, 0.3) is 5.91 Å². The van der Waals surface area contributed by atoms with Gasteiger partial charge in [-0.05, 0) is 23.2 Å². The monoisotopic (exact) mass is 226 g/mol. The van der Waals surface area contributed by atoms with Crippen molar-refractivity contribution in [2.75, 3.05) is 0 Å². The van der Waals surface area contributed by atoms with Crippen molar-refractivity contribution in [3.8, 4) is 0 Å². The second-order valence-corrected chi connectivity index (χ2v) is 3.48. The molecule has 1 aromatic rings. The number of rotatable bonds is 2. The second-order valence-electron chi connectivity index (χ2n) is 2.57. The van der Waals surface area contributed by atoms with Crippen LogP contribution in [0.4, 0.5) is 0 Å². The van der Waals surface area contributed by atoms with E-state index in [0.29, 0.717) is 0 Å². The van der Waals surface area contributed by atoms with Crippen molar-refractivity contribution in [2.45, 2.75) is 4.90 Å². The maximum Gasteiger partial charge on any atom is 0.281 e. The molecule has 80 valence electrons. The first-order valence-electron chi connectivity index (χ1n) is 3.84. The second kappa shape index (κ2) is 4.67. The third-order valence-electron chi connectivity index (χ3n) is 1.53. The van der Waals surface area contributed by atoms with Gasteiger partial charge in [0.1, 0.15) is 0 Å². The lowest BCUT2D eigenvalue weighted by Gasteiger charge is -2.08. The third-order valence-corrected chi connectivity index (χ3v) is 2.24. The topological polar surface area (TPSA) is 122 Å². The Balaban J connectivity index is 3.20.